The van der Waals surface area contributed by atoms with E-state index in [1.165, 1.54) is 20.9 Å². The molecule has 2 heterocycles. The number of fused-ring (bicyclic) bond motifs is 2. The van der Waals surface area contributed by atoms with Crippen LogP contribution >= 0.6 is 34.9 Å². The lowest BCUT2D eigenvalue weighted by Crippen LogP contribution is -1.99. The molecule has 1 aliphatic heterocycles. The SMILES string of the molecule is Nc1ccc2nc(SCC3CSc4ccccc43)sc2c1. The molecule has 0 aliphatic carbocycles. The molecule has 1 unspecified atom stereocenters. The van der Waals surface area contributed by atoms with E-state index in [1.54, 1.807) is 11.3 Å². The molecule has 1 atom stereocenters. The fraction of sp³-hybridized carbons (Fsp3) is 0.188. The van der Waals surface area contributed by atoms with Crippen molar-refractivity contribution >= 4 is 50.8 Å². The van der Waals surface area contributed by atoms with E-state index in [0.29, 0.717) is 5.92 Å². The average Bonchev–Trinajstić information content (AvgIpc) is 3.08. The lowest BCUT2D eigenvalue weighted by molar-refractivity contribution is 0.896. The fourth-order valence-corrected chi connectivity index (χ4v) is 6.18. The van der Waals surface area contributed by atoms with Crippen LogP contribution in [0.3, 0.4) is 0 Å². The first kappa shape index (κ1) is 13.5. The van der Waals surface area contributed by atoms with Gasteiger partial charge in [0.05, 0.1) is 10.2 Å². The van der Waals surface area contributed by atoms with Gasteiger partial charge in [-0.05, 0) is 29.8 Å². The molecule has 4 rings (SSSR count). The molecule has 0 radical (unpaired) electrons. The summed E-state index contributed by atoms with van der Waals surface area (Å²) in [5.41, 5.74) is 9.19. The number of benzene rings is 2. The van der Waals surface area contributed by atoms with Crippen molar-refractivity contribution in [1.29, 1.82) is 0 Å². The predicted octanol–water partition coefficient (Wildman–Crippen LogP) is 4.86. The van der Waals surface area contributed by atoms with Gasteiger partial charge in [-0.1, -0.05) is 30.0 Å². The van der Waals surface area contributed by atoms with Crippen molar-refractivity contribution in [2.75, 3.05) is 17.2 Å². The van der Waals surface area contributed by atoms with E-state index in [4.69, 9.17) is 5.73 Å². The number of hydrogen-bond donors (Lipinski definition) is 1. The third-order valence-electron chi connectivity index (χ3n) is 3.60. The molecule has 2 N–H and O–H groups in total. The minimum Gasteiger partial charge on any atom is -0.399 e. The molecule has 2 aromatic carbocycles. The van der Waals surface area contributed by atoms with Gasteiger partial charge in [-0.3, -0.25) is 0 Å². The molecule has 106 valence electrons. The van der Waals surface area contributed by atoms with Crippen molar-refractivity contribution < 1.29 is 0 Å². The standard InChI is InChI=1S/C16H14N2S3/c17-11-5-6-13-15(7-11)21-16(18-13)20-9-10-8-19-14-4-2-1-3-12(10)14/h1-7,10H,8-9,17H2. The van der Waals surface area contributed by atoms with Crippen molar-refractivity contribution in [2.24, 2.45) is 0 Å². The second kappa shape index (κ2) is 5.55. The summed E-state index contributed by atoms with van der Waals surface area (Å²) in [6.45, 7) is 0. The Labute approximate surface area is 136 Å². The summed E-state index contributed by atoms with van der Waals surface area (Å²) in [6, 6.07) is 14.7. The summed E-state index contributed by atoms with van der Waals surface area (Å²) in [5.74, 6) is 2.91. The molecule has 2 nitrogen and oxygen atoms in total. The molecule has 0 amide bonds. The van der Waals surface area contributed by atoms with Crippen LogP contribution in [0.5, 0.6) is 0 Å². The van der Waals surface area contributed by atoms with Crippen LogP contribution in [0, 0.1) is 0 Å². The predicted molar refractivity (Wildman–Crippen MR) is 94.7 cm³/mol. The molecule has 0 spiro atoms. The highest BCUT2D eigenvalue weighted by Crippen LogP contribution is 2.42. The lowest BCUT2D eigenvalue weighted by Gasteiger charge is -2.08. The zero-order valence-corrected chi connectivity index (χ0v) is 13.7. The van der Waals surface area contributed by atoms with Crippen molar-refractivity contribution in [3.63, 3.8) is 0 Å². The van der Waals surface area contributed by atoms with Gasteiger partial charge in [-0.15, -0.1) is 23.1 Å². The summed E-state index contributed by atoms with van der Waals surface area (Å²) < 4.78 is 2.32. The molecule has 3 aromatic rings. The van der Waals surface area contributed by atoms with Gasteiger partial charge in [0.15, 0.2) is 4.34 Å². The third kappa shape index (κ3) is 2.65. The summed E-state index contributed by atoms with van der Waals surface area (Å²) in [5, 5.41) is 0. The van der Waals surface area contributed by atoms with Crippen LogP contribution in [0.15, 0.2) is 51.7 Å². The lowest BCUT2D eigenvalue weighted by atomic mass is 10.0. The Bertz CT molecular complexity index is 797. The fourth-order valence-electron chi connectivity index (χ4n) is 2.52. The second-order valence-electron chi connectivity index (χ2n) is 5.06. The molecular formula is C16H14N2S3. The maximum absolute atomic E-state index is 5.83. The van der Waals surface area contributed by atoms with Crippen molar-refractivity contribution in [3.05, 3.63) is 48.0 Å². The first-order valence-corrected chi connectivity index (χ1v) is 9.59. The van der Waals surface area contributed by atoms with E-state index in [1.807, 2.05) is 41.7 Å². The topological polar surface area (TPSA) is 38.9 Å². The van der Waals surface area contributed by atoms with E-state index < -0.39 is 0 Å². The highest BCUT2D eigenvalue weighted by molar-refractivity contribution is 8.01. The Kier molecular flexibility index (Phi) is 3.57. The smallest absolute Gasteiger partial charge is 0.151 e. The quantitative estimate of drug-likeness (QED) is 0.550. The normalized spacial score (nSPS) is 17.2. The average molecular weight is 331 g/mol. The van der Waals surface area contributed by atoms with Gasteiger partial charge in [0.1, 0.15) is 0 Å². The van der Waals surface area contributed by atoms with E-state index >= 15 is 0 Å². The van der Waals surface area contributed by atoms with Crippen LogP contribution in [0.1, 0.15) is 11.5 Å². The zero-order valence-electron chi connectivity index (χ0n) is 11.3. The van der Waals surface area contributed by atoms with Gasteiger partial charge in [-0.25, -0.2) is 4.98 Å². The van der Waals surface area contributed by atoms with E-state index in [2.05, 4.69) is 29.2 Å². The van der Waals surface area contributed by atoms with Gasteiger partial charge < -0.3 is 5.73 Å². The van der Waals surface area contributed by atoms with Gasteiger partial charge in [0.25, 0.3) is 0 Å². The minimum atomic E-state index is 0.633. The maximum Gasteiger partial charge on any atom is 0.151 e. The van der Waals surface area contributed by atoms with Crippen molar-refractivity contribution in [3.8, 4) is 0 Å². The van der Waals surface area contributed by atoms with Crippen molar-refractivity contribution in [2.45, 2.75) is 15.2 Å². The van der Waals surface area contributed by atoms with E-state index in [9.17, 15) is 0 Å². The molecule has 21 heavy (non-hydrogen) atoms. The Morgan fingerprint density at radius 3 is 3.10 bits per heavy atom. The maximum atomic E-state index is 5.83. The minimum absolute atomic E-state index is 0.633. The second-order valence-corrected chi connectivity index (χ2v) is 8.42. The van der Waals surface area contributed by atoms with Crippen LogP contribution in [0.4, 0.5) is 5.69 Å². The Morgan fingerprint density at radius 1 is 1.24 bits per heavy atom. The van der Waals surface area contributed by atoms with Crippen LogP contribution < -0.4 is 5.73 Å². The number of nitrogens with zero attached hydrogens (tertiary/aromatic N) is 1. The largest absolute Gasteiger partial charge is 0.399 e. The molecular weight excluding hydrogens is 316 g/mol. The third-order valence-corrected chi connectivity index (χ3v) is 7.18. The summed E-state index contributed by atoms with van der Waals surface area (Å²) in [7, 11) is 0. The van der Waals surface area contributed by atoms with Gasteiger partial charge >= 0.3 is 0 Å². The number of aromatic nitrogens is 1. The molecule has 5 heteroatoms. The number of thioether (sulfide) groups is 2. The van der Waals surface area contributed by atoms with Gasteiger partial charge in [0, 0.05) is 28.0 Å². The Hall–Kier alpha value is -1.17. The van der Waals surface area contributed by atoms with Crippen molar-refractivity contribution in [1.82, 2.24) is 4.98 Å². The molecule has 1 aliphatic rings. The van der Waals surface area contributed by atoms with Crippen LogP contribution in [-0.2, 0) is 0 Å². The molecule has 0 saturated carbocycles. The number of anilines is 1. The summed E-state index contributed by atoms with van der Waals surface area (Å²) in [4.78, 5) is 6.13. The molecule has 0 fully saturated rings. The number of nitrogens with two attached hydrogens (primary N) is 1. The molecule has 0 bridgehead atoms. The highest BCUT2D eigenvalue weighted by atomic mass is 32.2. The van der Waals surface area contributed by atoms with E-state index in [0.717, 1.165) is 21.3 Å². The number of rotatable bonds is 3. The van der Waals surface area contributed by atoms with Gasteiger partial charge in [0.2, 0.25) is 0 Å². The monoisotopic (exact) mass is 330 g/mol. The summed E-state index contributed by atoms with van der Waals surface area (Å²) in [6.07, 6.45) is 0. The van der Waals surface area contributed by atoms with E-state index in [-0.39, 0.29) is 0 Å². The van der Waals surface area contributed by atoms with Crippen LogP contribution in [0.25, 0.3) is 10.2 Å². The summed E-state index contributed by atoms with van der Waals surface area (Å²) >= 11 is 5.58. The Morgan fingerprint density at radius 2 is 2.14 bits per heavy atom. The zero-order chi connectivity index (χ0) is 14.2. The number of thiazole rings is 1. The molecule has 0 saturated heterocycles. The van der Waals surface area contributed by atoms with Gasteiger partial charge in [-0.2, -0.15) is 0 Å². The first-order chi connectivity index (χ1) is 10.3. The number of nitrogen functional groups attached to an aromatic ring is 1. The highest BCUT2D eigenvalue weighted by Gasteiger charge is 2.23. The first-order valence-electron chi connectivity index (χ1n) is 6.80. The molecule has 1 aromatic heterocycles. The van der Waals surface area contributed by atoms with Crippen LogP contribution in [0.2, 0.25) is 0 Å². The number of hydrogen-bond acceptors (Lipinski definition) is 5. The Balaban J connectivity index is 1.51. The van der Waals surface area contributed by atoms with Crippen LogP contribution in [-0.4, -0.2) is 16.5 Å².